The van der Waals surface area contributed by atoms with Crippen molar-refractivity contribution in [1.29, 1.82) is 0 Å². The molecule has 0 saturated heterocycles. The number of carboxylic acids is 1. The van der Waals surface area contributed by atoms with Crippen molar-refractivity contribution in [2.24, 2.45) is 11.8 Å². The molecule has 0 aromatic heterocycles. The highest BCUT2D eigenvalue weighted by molar-refractivity contribution is 14.1. The number of carbonyl (C=O) groups is 2. The van der Waals surface area contributed by atoms with Crippen molar-refractivity contribution in [3.63, 3.8) is 0 Å². The van der Waals surface area contributed by atoms with Crippen molar-refractivity contribution < 1.29 is 14.7 Å². The van der Waals surface area contributed by atoms with Gasteiger partial charge in [-0.3, -0.25) is 9.59 Å². The van der Waals surface area contributed by atoms with Crippen LogP contribution in [0, 0.1) is 22.3 Å². The number of amides is 1. The zero-order chi connectivity index (χ0) is 13.3. The summed E-state index contributed by atoms with van der Waals surface area (Å²) >= 11 is 2.21. The SMILES string of the molecule is Cc1cc(I)ccc1NC(=O)C1CCC1C(=O)O. The topological polar surface area (TPSA) is 66.4 Å². The second-order valence-electron chi connectivity index (χ2n) is 4.58. The van der Waals surface area contributed by atoms with Gasteiger partial charge >= 0.3 is 5.97 Å². The lowest BCUT2D eigenvalue weighted by Crippen LogP contribution is -2.41. The van der Waals surface area contributed by atoms with Gasteiger partial charge in [0.15, 0.2) is 0 Å². The van der Waals surface area contributed by atoms with Crippen molar-refractivity contribution in [2.75, 3.05) is 5.32 Å². The maximum absolute atomic E-state index is 12.0. The highest BCUT2D eigenvalue weighted by Gasteiger charge is 2.41. The van der Waals surface area contributed by atoms with Crippen molar-refractivity contribution in [1.82, 2.24) is 0 Å². The average Bonchev–Trinajstić information content (AvgIpc) is 2.19. The van der Waals surface area contributed by atoms with E-state index in [9.17, 15) is 9.59 Å². The Morgan fingerprint density at radius 2 is 2.00 bits per heavy atom. The van der Waals surface area contributed by atoms with Crippen molar-refractivity contribution >= 4 is 40.2 Å². The Bertz CT molecular complexity index is 501. The van der Waals surface area contributed by atoms with Crippen LogP contribution in [-0.4, -0.2) is 17.0 Å². The number of aryl methyl sites for hydroxylation is 1. The molecule has 1 amide bonds. The zero-order valence-electron chi connectivity index (χ0n) is 9.94. The number of nitrogens with one attached hydrogen (secondary N) is 1. The maximum Gasteiger partial charge on any atom is 0.307 e. The lowest BCUT2D eigenvalue weighted by atomic mass is 9.73. The van der Waals surface area contributed by atoms with Gasteiger partial charge in [-0.05, 0) is 66.1 Å². The third-order valence-electron chi connectivity index (χ3n) is 3.37. The van der Waals surface area contributed by atoms with Crippen molar-refractivity contribution in [3.8, 4) is 0 Å². The van der Waals surface area contributed by atoms with Gasteiger partial charge in [0.2, 0.25) is 5.91 Å². The number of carboxylic acid groups (broad SMARTS) is 1. The number of carbonyl (C=O) groups excluding carboxylic acids is 1. The summed E-state index contributed by atoms with van der Waals surface area (Å²) < 4.78 is 1.11. The zero-order valence-corrected chi connectivity index (χ0v) is 12.1. The number of halogens is 1. The lowest BCUT2D eigenvalue weighted by molar-refractivity contribution is -0.151. The Hall–Kier alpha value is -1.11. The van der Waals surface area contributed by atoms with E-state index in [-0.39, 0.29) is 11.8 Å². The fourth-order valence-corrected chi connectivity index (χ4v) is 2.75. The number of hydrogen-bond donors (Lipinski definition) is 2. The molecular weight excluding hydrogens is 345 g/mol. The van der Waals surface area contributed by atoms with Crippen LogP contribution in [0.3, 0.4) is 0 Å². The molecule has 2 rings (SSSR count). The normalized spacial score (nSPS) is 22.1. The fraction of sp³-hybridized carbons (Fsp3) is 0.385. The van der Waals surface area contributed by atoms with Crippen LogP contribution in [-0.2, 0) is 9.59 Å². The molecule has 96 valence electrons. The molecule has 0 spiro atoms. The minimum absolute atomic E-state index is 0.182. The van der Waals surface area contributed by atoms with Crippen LogP contribution in [0.15, 0.2) is 18.2 Å². The molecule has 2 atom stereocenters. The molecule has 0 bridgehead atoms. The van der Waals surface area contributed by atoms with Crippen molar-refractivity contribution in [3.05, 3.63) is 27.3 Å². The summed E-state index contributed by atoms with van der Waals surface area (Å²) in [6.07, 6.45) is 1.26. The Kier molecular flexibility index (Phi) is 3.89. The summed E-state index contributed by atoms with van der Waals surface area (Å²) in [5.41, 5.74) is 1.75. The van der Waals surface area contributed by atoms with Crippen molar-refractivity contribution in [2.45, 2.75) is 19.8 Å². The van der Waals surface area contributed by atoms with E-state index in [1.165, 1.54) is 0 Å². The summed E-state index contributed by atoms with van der Waals surface area (Å²) in [6, 6.07) is 5.74. The lowest BCUT2D eigenvalue weighted by Gasteiger charge is -2.32. The van der Waals surface area contributed by atoms with Crippen LogP contribution in [0.2, 0.25) is 0 Å². The largest absolute Gasteiger partial charge is 0.481 e. The van der Waals surface area contributed by atoms with E-state index in [0.717, 1.165) is 14.8 Å². The molecule has 0 aliphatic heterocycles. The molecule has 2 unspecified atom stereocenters. The second-order valence-corrected chi connectivity index (χ2v) is 5.82. The summed E-state index contributed by atoms with van der Waals surface area (Å²) in [7, 11) is 0. The predicted molar refractivity (Wildman–Crippen MR) is 76.4 cm³/mol. The monoisotopic (exact) mass is 359 g/mol. The second kappa shape index (κ2) is 5.26. The van der Waals surface area contributed by atoms with E-state index in [1.54, 1.807) is 0 Å². The molecule has 0 radical (unpaired) electrons. The van der Waals surface area contributed by atoms with Crippen LogP contribution in [0.1, 0.15) is 18.4 Å². The maximum atomic E-state index is 12.0. The third-order valence-corrected chi connectivity index (χ3v) is 4.05. The van der Waals surface area contributed by atoms with Gasteiger partial charge in [-0.15, -0.1) is 0 Å². The van der Waals surface area contributed by atoms with Crippen LogP contribution in [0.4, 0.5) is 5.69 Å². The minimum Gasteiger partial charge on any atom is -0.481 e. The highest BCUT2D eigenvalue weighted by atomic mass is 127. The first-order valence-electron chi connectivity index (χ1n) is 5.79. The number of hydrogen-bond acceptors (Lipinski definition) is 2. The summed E-state index contributed by atoms with van der Waals surface area (Å²) in [5, 5.41) is 11.7. The summed E-state index contributed by atoms with van der Waals surface area (Å²) in [6.45, 7) is 1.92. The van der Waals surface area contributed by atoms with Gasteiger partial charge in [-0.2, -0.15) is 0 Å². The Labute approximate surface area is 119 Å². The van der Waals surface area contributed by atoms with E-state index < -0.39 is 11.9 Å². The van der Waals surface area contributed by atoms with E-state index in [4.69, 9.17) is 5.11 Å². The first-order valence-corrected chi connectivity index (χ1v) is 6.86. The number of anilines is 1. The fourth-order valence-electron chi connectivity index (χ4n) is 2.10. The van der Waals surface area contributed by atoms with Crippen LogP contribution >= 0.6 is 22.6 Å². The number of benzene rings is 1. The standard InChI is InChI=1S/C13H14INO3/c1-7-6-8(14)2-5-11(7)15-12(16)9-3-4-10(9)13(17)18/h2,5-6,9-10H,3-4H2,1H3,(H,15,16)(H,17,18). The molecule has 1 fully saturated rings. The first kappa shape index (κ1) is 13.3. The molecule has 1 aliphatic rings. The Morgan fingerprint density at radius 3 is 2.50 bits per heavy atom. The quantitative estimate of drug-likeness (QED) is 0.816. The van der Waals surface area contributed by atoms with Gasteiger partial charge in [0.25, 0.3) is 0 Å². The summed E-state index contributed by atoms with van der Waals surface area (Å²) in [5.74, 6) is -1.96. The van der Waals surface area contributed by atoms with E-state index in [1.807, 2.05) is 25.1 Å². The van der Waals surface area contributed by atoms with Crippen LogP contribution in [0.5, 0.6) is 0 Å². The van der Waals surface area contributed by atoms with Gasteiger partial charge in [0.05, 0.1) is 11.8 Å². The first-order chi connectivity index (χ1) is 8.49. The molecule has 18 heavy (non-hydrogen) atoms. The molecule has 0 heterocycles. The average molecular weight is 359 g/mol. The molecule has 4 nitrogen and oxygen atoms in total. The number of rotatable bonds is 3. The molecule has 1 saturated carbocycles. The molecule has 1 aromatic carbocycles. The molecule has 1 aromatic rings. The smallest absolute Gasteiger partial charge is 0.307 e. The third kappa shape index (κ3) is 2.66. The van der Waals surface area contributed by atoms with Crippen LogP contribution in [0.25, 0.3) is 0 Å². The van der Waals surface area contributed by atoms with Gasteiger partial charge < -0.3 is 10.4 Å². The molecule has 1 aliphatic carbocycles. The summed E-state index contributed by atoms with van der Waals surface area (Å²) in [4.78, 5) is 22.8. The van der Waals surface area contributed by atoms with E-state index in [2.05, 4.69) is 27.9 Å². The Morgan fingerprint density at radius 1 is 1.33 bits per heavy atom. The van der Waals surface area contributed by atoms with Gasteiger partial charge in [0.1, 0.15) is 0 Å². The molecule has 5 heteroatoms. The Balaban J connectivity index is 2.05. The van der Waals surface area contributed by atoms with E-state index >= 15 is 0 Å². The predicted octanol–water partition coefficient (Wildman–Crippen LogP) is 2.65. The number of aliphatic carboxylic acids is 1. The molecule has 2 N–H and O–H groups in total. The van der Waals surface area contributed by atoms with Gasteiger partial charge in [0, 0.05) is 9.26 Å². The highest BCUT2D eigenvalue weighted by Crippen LogP contribution is 2.35. The van der Waals surface area contributed by atoms with Gasteiger partial charge in [-0.1, -0.05) is 0 Å². The van der Waals surface area contributed by atoms with Gasteiger partial charge in [-0.25, -0.2) is 0 Å². The minimum atomic E-state index is -0.874. The molecular formula is C13H14INO3. The van der Waals surface area contributed by atoms with E-state index in [0.29, 0.717) is 12.8 Å². The van der Waals surface area contributed by atoms with Crippen LogP contribution < -0.4 is 5.32 Å².